The first-order valence-corrected chi connectivity index (χ1v) is 15.7. The number of imidazole rings is 1. The van der Waals surface area contributed by atoms with Crippen molar-refractivity contribution in [3.8, 4) is 33.8 Å². The average Bonchev–Trinajstić information content (AvgIpc) is 3.80. The first-order chi connectivity index (χ1) is 22.0. The first-order valence-electron chi connectivity index (χ1n) is 15.7. The fourth-order valence-corrected chi connectivity index (χ4v) is 6.28. The minimum atomic E-state index is -0.318. The quantitative estimate of drug-likeness (QED) is 0.132. The van der Waals surface area contributed by atoms with Crippen LogP contribution in [0.25, 0.3) is 55.7 Å². The summed E-state index contributed by atoms with van der Waals surface area (Å²) >= 11 is 0. The van der Waals surface area contributed by atoms with Crippen LogP contribution in [0.15, 0.2) is 67.3 Å². The number of anilines is 1. The van der Waals surface area contributed by atoms with E-state index in [0.717, 1.165) is 58.7 Å². The third-order valence-electron chi connectivity index (χ3n) is 8.64. The van der Waals surface area contributed by atoms with Crippen molar-refractivity contribution in [2.75, 3.05) is 39.0 Å². The van der Waals surface area contributed by atoms with E-state index in [2.05, 4.69) is 58.9 Å². The Morgan fingerprint density at radius 3 is 2.64 bits per heavy atom. The van der Waals surface area contributed by atoms with Gasteiger partial charge in [0.15, 0.2) is 5.82 Å². The third-order valence-corrected chi connectivity index (χ3v) is 8.64. The smallest absolute Gasteiger partial charge is 0.159 e. The van der Waals surface area contributed by atoms with Gasteiger partial charge in [0.2, 0.25) is 0 Å². The van der Waals surface area contributed by atoms with E-state index in [0.29, 0.717) is 34.8 Å². The van der Waals surface area contributed by atoms with Crippen LogP contribution in [-0.2, 0) is 6.54 Å². The van der Waals surface area contributed by atoms with E-state index in [1.54, 1.807) is 12.4 Å². The van der Waals surface area contributed by atoms with Crippen LogP contribution in [0, 0.1) is 11.7 Å². The monoisotopic (exact) mass is 603 g/mol. The molecule has 4 N–H and O–H groups in total. The molecule has 0 radical (unpaired) electrons. The van der Waals surface area contributed by atoms with Crippen LogP contribution in [0.3, 0.4) is 0 Å². The number of hydrogen-bond acceptors (Lipinski definition) is 7. The molecule has 7 rings (SSSR count). The van der Waals surface area contributed by atoms with Gasteiger partial charge in [0.05, 0.1) is 22.7 Å². The Labute approximate surface area is 261 Å². The maximum Gasteiger partial charge on any atom is 0.159 e. The molecule has 230 valence electrons. The van der Waals surface area contributed by atoms with Crippen LogP contribution in [-0.4, -0.2) is 68.8 Å². The van der Waals surface area contributed by atoms with Crippen LogP contribution in [0.2, 0.25) is 0 Å². The van der Waals surface area contributed by atoms with Gasteiger partial charge in [-0.2, -0.15) is 5.10 Å². The van der Waals surface area contributed by atoms with E-state index in [-0.39, 0.29) is 5.82 Å². The Hall–Kier alpha value is -4.67. The largest absolute Gasteiger partial charge is 0.384 e. The summed E-state index contributed by atoms with van der Waals surface area (Å²) in [4.78, 5) is 19.4. The Balaban J connectivity index is 1.17. The lowest BCUT2D eigenvalue weighted by molar-refractivity contribution is 0.425. The number of H-pyrrole nitrogens is 2. The van der Waals surface area contributed by atoms with Gasteiger partial charge < -0.3 is 20.5 Å². The highest BCUT2D eigenvalue weighted by atomic mass is 19.1. The zero-order valence-electron chi connectivity index (χ0n) is 25.7. The van der Waals surface area contributed by atoms with Crippen LogP contribution < -0.4 is 10.6 Å². The molecule has 45 heavy (non-hydrogen) atoms. The molecule has 0 atom stereocenters. The number of aromatic amines is 2. The summed E-state index contributed by atoms with van der Waals surface area (Å²) in [6.45, 7) is 3.42. The van der Waals surface area contributed by atoms with Crippen molar-refractivity contribution >= 4 is 27.6 Å². The summed E-state index contributed by atoms with van der Waals surface area (Å²) in [5.74, 6) is 1.10. The van der Waals surface area contributed by atoms with Crippen LogP contribution in [0.1, 0.15) is 31.2 Å². The Morgan fingerprint density at radius 2 is 1.78 bits per heavy atom. The standard InChI is InChI=1S/C35H38FN9/c1-45(2)10-9-40-28-13-25(12-27(36)15-28)30-20-39-21-32-33(30)42-35(41-32)34-29-14-24(7-8-31(29)43-44-34)26-11-23(18-38-19-26)17-37-16-22-5-3-4-6-22/h7-8,11-15,18-22,37,40H,3-6,9-10,16-17H2,1-2H3,(H,41,42)(H,43,44). The number of rotatable bonds is 11. The number of fused-ring (bicyclic) bond motifs is 2. The molecule has 0 bridgehead atoms. The molecule has 9 nitrogen and oxygen atoms in total. The SMILES string of the molecule is CN(C)CCNc1cc(F)cc(-c2cncc3[nH]c(-c4n[nH]c5ccc(-c6cncc(CNCC7CCCC7)c6)cc45)nc23)c1. The van der Waals surface area contributed by atoms with Crippen molar-refractivity contribution in [1.29, 1.82) is 0 Å². The van der Waals surface area contributed by atoms with Crippen molar-refractivity contribution in [2.24, 2.45) is 5.92 Å². The Bertz CT molecular complexity index is 1940. The molecule has 0 spiro atoms. The van der Waals surface area contributed by atoms with E-state index in [9.17, 15) is 4.39 Å². The summed E-state index contributed by atoms with van der Waals surface area (Å²) in [5.41, 5.74) is 8.53. The lowest BCUT2D eigenvalue weighted by Gasteiger charge is -2.12. The lowest BCUT2D eigenvalue weighted by Crippen LogP contribution is -2.20. The number of hydrogen-bond donors (Lipinski definition) is 4. The summed E-state index contributed by atoms with van der Waals surface area (Å²) in [6, 6.07) is 13.4. The van der Waals surface area contributed by atoms with E-state index in [1.807, 2.05) is 38.6 Å². The highest BCUT2D eigenvalue weighted by molar-refractivity contribution is 5.98. The third kappa shape index (κ3) is 6.43. The number of nitrogens with zero attached hydrogens (tertiary/aromatic N) is 5. The molecule has 4 heterocycles. The van der Waals surface area contributed by atoms with Crippen molar-refractivity contribution in [3.05, 3.63) is 78.6 Å². The molecular weight excluding hydrogens is 565 g/mol. The summed E-state index contributed by atoms with van der Waals surface area (Å²) < 4.78 is 14.7. The van der Waals surface area contributed by atoms with E-state index >= 15 is 0 Å². The second kappa shape index (κ2) is 12.7. The minimum absolute atomic E-state index is 0.318. The second-order valence-electron chi connectivity index (χ2n) is 12.3. The first kappa shape index (κ1) is 29.1. The fourth-order valence-electron chi connectivity index (χ4n) is 6.28. The van der Waals surface area contributed by atoms with Gasteiger partial charge >= 0.3 is 0 Å². The number of halogens is 1. The van der Waals surface area contributed by atoms with Crippen LogP contribution >= 0.6 is 0 Å². The molecule has 0 unspecified atom stereocenters. The predicted octanol–water partition coefficient (Wildman–Crippen LogP) is 6.62. The second-order valence-corrected chi connectivity index (χ2v) is 12.3. The molecule has 2 aromatic carbocycles. The van der Waals surface area contributed by atoms with Gasteiger partial charge in [-0.05, 0) is 92.5 Å². The number of likely N-dealkylation sites (N-methyl/N-ethyl adjacent to an activating group) is 1. The lowest BCUT2D eigenvalue weighted by atomic mass is 10.0. The zero-order chi connectivity index (χ0) is 30.8. The molecule has 1 fully saturated rings. The van der Waals surface area contributed by atoms with Crippen LogP contribution in [0.5, 0.6) is 0 Å². The molecule has 1 aliphatic carbocycles. The van der Waals surface area contributed by atoms with Gasteiger partial charge in [-0.15, -0.1) is 0 Å². The van der Waals surface area contributed by atoms with Gasteiger partial charge in [-0.25, -0.2) is 9.37 Å². The average molecular weight is 604 g/mol. The molecule has 0 saturated heterocycles. The molecular formula is C35H38FN9. The zero-order valence-corrected chi connectivity index (χ0v) is 25.7. The number of nitrogens with one attached hydrogen (secondary N) is 4. The van der Waals surface area contributed by atoms with Crippen LogP contribution in [0.4, 0.5) is 10.1 Å². The van der Waals surface area contributed by atoms with Gasteiger partial charge in [-0.3, -0.25) is 15.1 Å². The van der Waals surface area contributed by atoms with Crippen molar-refractivity contribution in [2.45, 2.75) is 32.2 Å². The predicted molar refractivity (Wildman–Crippen MR) is 178 cm³/mol. The topological polar surface area (TPSA) is 110 Å². The fraction of sp³-hybridized carbons (Fsp3) is 0.314. The highest BCUT2D eigenvalue weighted by Gasteiger charge is 2.18. The summed E-state index contributed by atoms with van der Waals surface area (Å²) in [6.07, 6.45) is 12.7. The van der Waals surface area contributed by atoms with Crippen molar-refractivity contribution < 1.29 is 4.39 Å². The van der Waals surface area contributed by atoms with Gasteiger partial charge in [0, 0.05) is 60.4 Å². The number of benzene rings is 2. The maximum atomic E-state index is 14.7. The van der Waals surface area contributed by atoms with E-state index in [1.165, 1.54) is 43.4 Å². The van der Waals surface area contributed by atoms with Crippen molar-refractivity contribution in [3.63, 3.8) is 0 Å². The van der Waals surface area contributed by atoms with Gasteiger partial charge in [-0.1, -0.05) is 18.9 Å². The molecule has 10 heteroatoms. The normalized spacial score (nSPS) is 13.9. The molecule has 1 aliphatic rings. The van der Waals surface area contributed by atoms with E-state index in [4.69, 9.17) is 4.98 Å². The van der Waals surface area contributed by atoms with Gasteiger partial charge in [0.1, 0.15) is 11.5 Å². The summed E-state index contributed by atoms with van der Waals surface area (Å²) in [7, 11) is 4.02. The molecule has 4 aromatic heterocycles. The van der Waals surface area contributed by atoms with Crippen molar-refractivity contribution in [1.82, 2.24) is 40.3 Å². The molecule has 1 saturated carbocycles. The maximum absolute atomic E-state index is 14.7. The molecule has 6 aromatic rings. The highest BCUT2D eigenvalue weighted by Crippen LogP contribution is 2.34. The summed E-state index contributed by atoms with van der Waals surface area (Å²) in [5, 5.41) is 15.7. The number of aromatic nitrogens is 6. The Kier molecular flexibility index (Phi) is 8.23. The molecule has 0 amide bonds. The number of pyridine rings is 2. The van der Waals surface area contributed by atoms with Gasteiger partial charge in [0.25, 0.3) is 0 Å². The Morgan fingerprint density at radius 1 is 0.911 bits per heavy atom. The molecule has 0 aliphatic heterocycles. The minimum Gasteiger partial charge on any atom is -0.384 e. The van der Waals surface area contributed by atoms with E-state index < -0.39 is 0 Å².